The van der Waals surface area contributed by atoms with Gasteiger partial charge in [0.1, 0.15) is 0 Å². The lowest BCUT2D eigenvalue weighted by Gasteiger charge is -2.20. The largest absolute Gasteiger partial charge is 0.343 e. The van der Waals surface area contributed by atoms with Gasteiger partial charge in [-0.05, 0) is 50.4 Å². The maximum Gasteiger partial charge on any atom is 0.226 e. The molecule has 0 atom stereocenters. The Labute approximate surface area is 110 Å². The number of nitrogens with two attached hydrogens (primary N) is 1. The lowest BCUT2D eigenvalue weighted by atomic mass is 10.0. The molecule has 3 nitrogen and oxygen atoms in total. The first-order valence-corrected chi connectivity index (χ1v) is 6.62. The van der Waals surface area contributed by atoms with Crippen LogP contribution in [0.3, 0.4) is 0 Å². The second-order valence-electron chi connectivity index (χ2n) is 4.71. The lowest BCUT2D eigenvalue weighted by molar-refractivity contribution is -0.130. The van der Waals surface area contributed by atoms with Crippen LogP contribution in [0.4, 0.5) is 0 Å². The van der Waals surface area contributed by atoms with Crippen LogP contribution in [0.15, 0.2) is 18.2 Å². The number of hydrogen-bond acceptors (Lipinski definition) is 2. The molecule has 1 rings (SSSR count). The van der Waals surface area contributed by atoms with Gasteiger partial charge in [0.25, 0.3) is 0 Å². The fourth-order valence-corrected chi connectivity index (χ4v) is 1.94. The summed E-state index contributed by atoms with van der Waals surface area (Å²) in [6.45, 7) is 8.32. The Morgan fingerprint density at radius 2 is 2.00 bits per heavy atom. The summed E-state index contributed by atoms with van der Waals surface area (Å²) < 4.78 is 0. The number of benzene rings is 1. The van der Waals surface area contributed by atoms with Crippen LogP contribution in [-0.2, 0) is 11.2 Å². The first-order chi connectivity index (χ1) is 8.58. The highest BCUT2D eigenvalue weighted by atomic mass is 16.2. The van der Waals surface area contributed by atoms with Crippen LogP contribution in [0, 0.1) is 13.8 Å². The highest BCUT2D eigenvalue weighted by Crippen LogP contribution is 2.11. The zero-order valence-electron chi connectivity index (χ0n) is 11.7. The number of hydrogen-bond donors (Lipinski definition) is 1. The molecular formula is C15H24N2O. The quantitative estimate of drug-likeness (QED) is 0.837. The minimum Gasteiger partial charge on any atom is -0.343 e. The topological polar surface area (TPSA) is 46.3 Å². The molecule has 0 aliphatic carbocycles. The third-order valence-corrected chi connectivity index (χ3v) is 3.29. The summed E-state index contributed by atoms with van der Waals surface area (Å²) in [7, 11) is 0. The number of nitrogens with zero attached hydrogens (tertiary/aromatic N) is 1. The minimum absolute atomic E-state index is 0.189. The first kappa shape index (κ1) is 14.7. The molecule has 1 aromatic carbocycles. The average molecular weight is 248 g/mol. The second-order valence-corrected chi connectivity index (χ2v) is 4.71. The zero-order valence-corrected chi connectivity index (χ0v) is 11.7. The van der Waals surface area contributed by atoms with Gasteiger partial charge in [-0.2, -0.15) is 0 Å². The Morgan fingerprint density at radius 3 is 2.56 bits per heavy atom. The van der Waals surface area contributed by atoms with E-state index < -0.39 is 0 Å². The van der Waals surface area contributed by atoms with Crippen LogP contribution in [0.2, 0.25) is 0 Å². The summed E-state index contributed by atoms with van der Waals surface area (Å²) in [5.41, 5.74) is 9.08. The Hall–Kier alpha value is -1.35. The molecule has 1 aromatic rings. The van der Waals surface area contributed by atoms with Gasteiger partial charge in [0.05, 0.1) is 6.42 Å². The van der Waals surface area contributed by atoms with Crippen molar-refractivity contribution in [3.05, 3.63) is 34.9 Å². The Balaban J connectivity index is 2.64. The van der Waals surface area contributed by atoms with Crippen LogP contribution < -0.4 is 5.73 Å². The summed E-state index contributed by atoms with van der Waals surface area (Å²) in [6.07, 6.45) is 1.35. The number of carbonyl (C=O) groups excluding carboxylic acids is 1. The Morgan fingerprint density at radius 1 is 1.28 bits per heavy atom. The molecule has 1 amide bonds. The van der Waals surface area contributed by atoms with Gasteiger partial charge in [0.15, 0.2) is 0 Å². The number of aryl methyl sites for hydroxylation is 2. The van der Waals surface area contributed by atoms with E-state index in [1.807, 2.05) is 17.9 Å². The average Bonchev–Trinajstić information content (AvgIpc) is 2.35. The molecule has 0 unspecified atom stereocenters. The molecule has 100 valence electrons. The van der Waals surface area contributed by atoms with Crippen molar-refractivity contribution in [2.45, 2.75) is 33.6 Å². The zero-order chi connectivity index (χ0) is 13.5. The molecule has 0 fully saturated rings. The third-order valence-electron chi connectivity index (χ3n) is 3.29. The SMILES string of the molecule is CCN(CCCN)C(=O)Cc1ccc(C)c(C)c1. The Bertz CT molecular complexity index is 401. The third kappa shape index (κ3) is 4.15. The molecule has 18 heavy (non-hydrogen) atoms. The van der Waals surface area contributed by atoms with Gasteiger partial charge < -0.3 is 10.6 Å². The van der Waals surface area contributed by atoms with Gasteiger partial charge in [-0.3, -0.25) is 4.79 Å². The number of likely N-dealkylation sites (N-methyl/N-ethyl adjacent to an activating group) is 1. The van der Waals surface area contributed by atoms with E-state index in [1.165, 1.54) is 11.1 Å². The van der Waals surface area contributed by atoms with Crippen molar-refractivity contribution in [3.63, 3.8) is 0 Å². The van der Waals surface area contributed by atoms with E-state index in [0.29, 0.717) is 13.0 Å². The van der Waals surface area contributed by atoms with E-state index >= 15 is 0 Å². The fourth-order valence-electron chi connectivity index (χ4n) is 1.94. The molecular weight excluding hydrogens is 224 g/mol. The van der Waals surface area contributed by atoms with Crippen LogP contribution in [0.5, 0.6) is 0 Å². The molecule has 0 aliphatic heterocycles. The molecule has 0 aromatic heterocycles. The van der Waals surface area contributed by atoms with Gasteiger partial charge in [-0.1, -0.05) is 18.2 Å². The van der Waals surface area contributed by atoms with E-state index in [2.05, 4.69) is 26.0 Å². The van der Waals surface area contributed by atoms with Crippen molar-refractivity contribution >= 4 is 5.91 Å². The lowest BCUT2D eigenvalue weighted by Crippen LogP contribution is -2.33. The standard InChI is InChI=1S/C15H24N2O/c1-4-17(9-5-8-16)15(18)11-14-7-6-12(2)13(3)10-14/h6-7,10H,4-5,8-9,11,16H2,1-3H3. The number of amides is 1. The van der Waals surface area contributed by atoms with E-state index in [-0.39, 0.29) is 5.91 Å². The van der Waals surface area contributed by atoms with Gasteiger partial charge in [-0.25, -0.2) is 0 Å². The molecule has 2 N–H and O–H groups in total. The minimum atomic E-state index is 0.189. The summed E-state index contributed by atoms with van der Waals surface area (Å²) in [6, 6.07) is 6.22. The highest BCUT2D eigenvalue weighted by Gasteiger charge is 2.11. The maximum absolute atomic E-state index is 12.1. The van der Waals surface area contributed by atoms with Gasteiger partial charge in [0.2, 0.25) is 5.91 Å². The highest BCUT2D eigenvalue weighted by molar-refractivity contribution is 5.78. The smallest absolute Gasteiger partial charge is 0.226 e. The van der Waals surface area contributed by atoms with E-state index in [9.17, 15) is 4.79 Å². The molecule has 0 heterocycles. The van der Waals surface area contributed by atoms with Crippen molar-refractivity contribution in [2.75, 3.05) is 19.6 Å². The number of carbonyl (C=O) groups is 1. The predicted octanol–water partition coefficient (Wildman–Crippen LogP) is 2.04. The summed E-state index contributed by atoms with van der Waals surface area (Å²) >= 11 is 0. The molecule has 3 heteroatoms. The Kier molecular flexibility index (Phi) is 5.86. The molecule has 0 spiro atoms. The van der Waals surface area contributed by atoms with Gasteiger partial charge in [-0.15, -0.1) is 0 Å². The van der Waals surface area contributed by atoms with E-state index in [0.717, 1.165) is 25.1 Å². The summed E-state index contributed by atoms with van der Waals surface area (Å²) in [4.78, 5) is 14.0. The maximum atomic E-state index is 12.1. The van der Waals surface area contributed by atoms with Crippen molar-refractivity contribution in [1.82, 2.24) is 4.90 Å². The monoisotopic (exact) mass is 248 g/mol. The van der Waals surface area contributed by atoms with Crippen molar-refractivity contribution < 1.29 is 4.79 Å². The van der Waals surface area contributed by atoms with Crippen molar-refractivity contribution in [2.24, 2.45) is 5.73 Å². The van der Waals surface area contributed by atoms with Crippen molar-refractivity contribution in [3.8, 4) is 0 Å². The molecule has 0 saturated carbocycles. The van der Waals surface area contributed by atoms with Crippen LogP contribution in [0.1, 0.15) is 30.0 Å². The summed E-state index contributed by atoms with van der Waals surface area (Å²) in [5.74, 6) is 0.189. The second kappa shape index (κ2) is 7.17. The van der Waals surface area contributed by atoms with Gasteiger partial charge in [0, 0.05) is 13.1 Å². The molecule has 0 aliphatic rings. The predicted molar refractivity (Wildman–Crippen MR) is 75.5 cm³/mol. The van der Waals surface area contributed by atoms with E-state index in [4.69, 9.17) is 5.73 Å². The summed E-state index contributed by atoms with van der Waals surface area (Å²) in [5, 5.41) is 0. The van der Waals surface area contributed by atoms with Crippen LogP contribution in [0.25, 0.3) is 0 Å². The molecule has 0 saturated heterocycles. The number of rotatable bonds is 6. The van der Waals surface area contributed by atoms with Crippen molar-refractivity contribution in [1.29, 1.82) is 0 Å². The van der Waals surface area contributed by atoms with Gasteiger partial charge >= 0.3 is 0 Å². The first-order valence-electron chi connectivity index (χ1n) is 6.62. The van der Waals surface area contributed by atoms with Crippen LogP contribution in [-0.4, -0.2) is 30.4 Å². The normalized spacial score (nSPS) is 10.4. The molecule has 0 radical (unpaired) electrons. The molecule has 0 bridgehead atoms. The van der Waals surface area contributed by atoms with Crippen LogP contribution >= 0.6 is 0 Å². The fraction of sp³-hybridized carbons (Fsp3) is 0.533. The van der Waals surface area contributed by atoms with E-state index in [1.54, 1.807) is 0 Å².